The number of ether oxygens (including phenoxy) is 1. The van der Waals surface area contributed by atoms with Gasteiger partial charge in [-0.15, -0.1) is 0 Å². The molecular weight excluding hydrogens is 442 g/mol. The van der Waals surface area contributed by atoms with Gasteiger partial charge in [0.1, 0.15) is 0 Å². The van der Waals surface area contributed by atoms with Gasteiger partial charge in [-0.05, 0) is 37.0 Å². The van der Waals surface area contributed by atoms with Crippen molar-refractivity contribution in [2.45, 2.75) is 37.0 Å². The van der Waals surface area contributed by atoms with Crippen LogP contribution >= 0.6 is 0 Å². The average molecular weight is 464 g/mol. The lowest BCUT2D eigenvalue weighted by molar-refractivity contribution is -0.110. The van der Waals surface area contributed by atoms with E-state index in [1.165, 1.54) is 31.6 Å². The molecule has 11 heteroatoms. The molecule has 0 amide bonds. The number of methoxy groups -OCH3 is 1. The van der Waals surface area contributed by atoms with E-state index in [1.807, 2.05) is 6.92 Å². The first-order chi connectivity index (χ1) is 15.0. The molecule has 0 radical (unpaired) electrons. The molecule has 4 rings (SSSR count). The zero-order valence-electron chi connectivity index (χ0n) is 17.5. The number of nitrogen functional groups attached to an aromatic ring is 1. The zero-order chi connectivity index (χ0) is 23.3. The maximum absolute atomic E-state index is 13.0. The fraction of sp³-hybridized carbons (Fsp3) is 0.381. The molecule has 0 aliphatic heterocycles. The monoisotopic (exact) mass is 464 g/mol. The third-order valence-corrected chi connectivity index (χ3v) is 7.47. The topological polar surface area (TPSA) is 117 Å². The van der Waals surface area contributed by atoms with Crippen LogP contribution in [0.3, 0.4) is 0 Å². The molecule has 1 fully saturated rings. The summed E-state index contributed by atoms with van der Waals surface area (Å²) in [6.07, 6.45) is 2.62. The van der Waals surface area contributed by atoms with Crippen molar-refractivity contribution in [2.75, 3.05) is 18.6 Å². The first kappa shape index (κ1) is 22.1. The van der Waals surface area contributed by atoms with Gasteiger partial charge in [0.25, 0.3) is 0 Å². The number of hydrogen-bond acceptors (Lipinski definition) is 7. The van der Waals surface area contributed by atoms with Gasteiger partial charge in [0.2, 0.25) is 5.92 Å². The van der Waals surface area contributed by atoms with Gasteiger partial charge in [0.15, 0.2) is 27.0 Å². The van der Waals surface area contributed by atoms with Gasteiger partial charge in [-0.1, -0.05) is 6.07 Å². The molecular formula is C21H22F2N4O4S. The molecule has 0 saturated heterocycles. The molecule has 32 heavy (non-hydrogen) atoms. The highest BCUT2D eigenvalue weighted by atomic mass is 32.2. The highest BCUT2D eigenvalue weighted by molar-refractivity contribution is 7.91. The molecule has 0 atom stereocenters. The predicted octanol–water partition coefficient (Wildman–Crippen LogP) is 3.28. The number of nitrogens with zero attached hydrogens (tertiary/aromatic N) is 3. The Kier molecular flexibility index (Phi) is 5.40. The fourth-order valence-electron chi connectivity index (χ4n) is 3.91. The molecule has 3 aromatic rings. The van der Waals surface area contributed by atoms with Crippen LogP contribution in [0.5, 0.6) is 0 Å². The summed E-state index contributed by atoms with van der Waals surface area (Å²) in [6.45, 7) is 1.81. The summed E-state index contributed by atoms with van der Waals surface area (Å²) >= 11 is 0. The molecule has 8 nitrogen and oxygen atoms in total. The molecule has 170 valence electrons. The van der Waals surface area contributed by atoms with Gasteiger partial charge in [-0.25, -0.2) is 32.0 Å². The lowest BCUT2D eigenvalue weighted by Gasteiger charge is -2.34. The van der Waals surface area contributed by atoms with E-state index in [0.29, 0.717) is 16.9 Å². The number of esters is 1. The van der Waals surface area contributed by atoms with Crippen LogP contribution in [0.1, 0.15) is 35.3 Å². The van der Waals surface area contributed by atoms with E-state index in [2.05, 4.69) is 9.97 Å². The Labute approximate surface area is 183 Å². The largest absolute Gasteiger partial charge is 0.464 e. The van der Waals surface area contributed by atoms with Gasteiger partial charge in [0.05, 0.1) is 29.6 Å². The molecule has 0 unspecified atom stereocenters. The van der Waals surface area contributed by atoms with E-state index in [1.54, 1.807) is 10.5 Å². The smallest absolute Gasteiger partial charge is 0.358 e. The number of rotatable bonds is 6. The molecule has 0 spiro atoms. The maximum Gasteiger partial charge on any atom is 0.358 e. The molecule has 1 aliphatic rings. The highest BCUT2D eigenvalue weighted by Crippen LogP contribution is 2.44. The van der Waals surface area contributed by atoms with Gasteiger partial charge in [-0.2, -0.15) is 0 Å². The number of halogens is 2. The number of imidazole rings is 1. The Bertz CT molecular complexity index is 1310. The number of nitrogens with two attached hydrogens (primary N) is 1. The number of aryl methyl sites for hydroxylation is 1. The van der Waals surface area contributed by atoms with Crippen molar-refractivity contribution < 1.29 is 26.7 Å². The van der Waals surface area contributed by atoms with Crippen LogP contribution in [0.25, 0.3) is 16.9 Å². The summed E-state index contributed by atoms with van der Waals surface area (Å²) in [7, 11) is -2.45. The van der Waals surface area contributed by atoms with Crippen LogP contribution in [-0.2, 0) is 14.6 Å². The summed E-state index contributed by atoms with van der Waals surface area (Å²) in [5.74, 6) is -3.80. The number of hydrogen-bond donors (Lipinski definition) is 1. The minimum Gasteiger partial charge on any atom is -0.464 e. The van der Waals surface area contributed by atoms with Crippen LogP contribution in [0, 0.1) is 12.8 Å². The third kappa shape index (κ3) is 4.04. The summed E-state index contributed by atoms with van der Waals surface area (Å²) < 4.78 is 58.1. The lowest BCUT2D eigenvalue weighted by atomic mass is 9.80. The quantitative estimate of drug-likeness (QED) is 0.557. The minimum absolute atomic E-state index is 0.0181. The van der Waals surface area contributed by atoms with Crippen molar-refractivity contribution in [1.82, 2.24) is 14.4 Å². The van der Waals surface area contributed by atoms with Crippen molar-refractivity contribution in [3.63, 3.8) is 0 Å². The van der Waals surface area contributed by atoms with E-state index >= 15 is 0 Å². The van der Waals surface area contributed by atoms with Crippen molar-refractivity contribution in [1.29, 1.82) is 0 Å². The lowest BCUT2D eigenvalue weighted by Crippen LogP contribution is -2.36. The SMILES string of the molecule is COC(=O)c1cn2c(-c3cc(S(=O)(=O)CCC4CC(F)(F)C4)ccc3C)cnc2c(N)n1. The number of carbonyl (C=O) groups excluding carboxylic acids is 1. The third-order valence-electron chi connectivity index (χ3n) is 5.73. The molecule has 1 aromatic carbocycles. The Morgan fingerprint density at radius 2 is 2.06 bits per heavy atom. The summed E-state index contributed by atoms with van der Waals surface area (Å²) in [5, 5.41) is 0. The van der Waals surface area contributed by atoms with Crippen LogP contribution < -0.4 is 5.73 Å². The number of sulfone groups is 1. The first-order valence-corrected chi connectivity index (χ1v) is 11.6. The van der Waals surface area contributed by atoms with Crippen LogP contribution in [0.2, 0.25) is 0 Å². The standard InChI is InChI=1S/C21H22F2N4O4S/c1-12-3-4-14(32(29,30)6-5-13-8-21(22,23)9-13)7-15(12)17-10-25-19-18(24)26-16(11-27(17)19)20(28)31-2/h3-4,7,10-11,13H,5-6,8-9H2,1-2H3,(H2,24,26). The number of carbonyl (C=O) groups is 1. The second-order valence-corrected chi connectivity index (χ2v) is 10.2. The number of aromatic nitrogens is 3. The number of anilines is 1. The van der Waals surface area contributed by atoms with Gasteiger partial charge >= 0.3 is 5.97 Å². The molecule has 2 N–H and O–H groups in total. The van der Waals surface area contributed by atoms with Crippen molar-refractivity contribution in [2.24, 2.45) is 5.92 Å². The second kappa shape index (κ2) is 7.80. The molecule has 1 aliphatic carbocycles. The normalized spacial score (nSPS) is 16.1. The zero-order valence-corrected chi connectivity index (χ0v) is 18.3. The molecule has 2 heterocycles. The average Bonchev–Trinajstić information content (AvgIpc) is 3.14. The number of fused-ring (bicyclic) bond motifs is 1. The minimum atomic E-state index is -3.67. The summed E-state index contributed by atoms with van der Waals surface area (Å²) in [6, 6.07) is 4.70. The molecule has 2 aromatic heterocycles. The van der Waals surface area contributed by atoms with Crippen LogP contribution in [-0.4, -0.2) is 47.5 Å². The van der Waals surface area contributed by atoms with Crippen molar-refractivity contribution >= 4 is 27.3 Å². The second-order valence-electron chi connectivity index (χ2n) is 8.05. The fourth-order valence-corrected chi connectivity index (χ4v) is 5.37. The van der Waals surface area contributed by atoms with E-state index < -0.39 is 21.7 Å². The van der Waals surface area contributed by atoms with E-state index in [0.717, 1.165) is 5.56 Å². The van der Waals surface area contributed by atoms with Crippen LogP contribution in [0.15, 0.2) is 35.5 Å². The molecule has 1 saturated carbocycles. The Balaban J connectivity index is 1.69. The maximum atomic E-state index is 13.0. The predicted molar refractivity (Wildman–Crippen MR) is 113 cm³/mol. The Morgan fingerprint density at radius 3 is 2.72 bits per heavy atom. The Hall–Kier alpha value is -3.08. The van der Waals surface area contributed by atoms with Gasteiger partial charge in [0, 0.05) is 24.6 Å². The van der Waals surface area contributed by atoms with Gasteiger partial charge < -0.3 is 10.5 Å². The summed E-state index contributed by atoms with van der Waals surface area (Å²) in [4.78, 5) is 20.3. The van der Waals surface area contributed by atoms with E-state index in [-0.39, 0.29) is 47.3 Å². The Morgan fingerprint density at radius 1 is 1.34 bits per heavy atom. The number of alkyl halides is 2. The van der Waals surface area contributed by atoms with E-state index in [4.69, 9.17) is 10.5 Å². The van der Waals surface area contributed by atoms with Crippen LogP contribution in [0.4, 0.5) is 14.6 Å². The number of benzene rings is 1. The summed E-state index contributed by atoms with van der Waals surface area (Å²) in [5.41, 5.74) is 8.10. The first-order valence-electron chi connectivity index (χ1n) is 9.94. The van der Waals surface area contributed by atoms with Crippen molar-refractivity contribution in [3.8, 4) is 11.3 Å². The van der Waals surface area contributed by atoms with Crippen molar-refractivity contribution in [3.05, 3.63) is 41.9 Å². The molecule has 0 bridgehead atoms. The van der Waals surface area contributed by atoms with Gasteiger partial charge in [-0.3, -0.25) is 4.40 Å². The van der Waals surface area contributed by atoms with E-state index in [9.17, 15) is 22.0 Å². The highest BCUT2D eigenvalue weighted by Gasteiger charge is 2.45.